The van der Waals surface area contributed by atoms with E-state index < -0.39 is 11.7 Å². The number of hydrogen-bond donors (Lipinski definition) is 1. The maximum atomic E-state index is 12.2. The van der Waals surface area contributed by atoms with Crippen LogP contribution in [0.3, 0.4) is 0 Å². The van der Waals surface area contributed by atoms with Crippen molar-refractivity contribution in [1.82, 2.24) is 29.5 Å². The number of hydrogen-bond acceptors (Lipinski definition) is 4. The van der Waals surface area contributed by atoms with E-state index in [9.17, 15) is 14.4 Å². The third kappa shape index (κ3) is 4.02. The van der Waals surface area contributed by atoms with Crippen molar-refractivity contribution in [3.05, 3.63) is 41.5 Å². The van der Waals surface area contributed by atoms with E-state index in [0.29, 0.717) is 31.0 Å². The van der Waals surface area contributed by atoms with Crippen molar-refractivity contribution < 1.29 is 14.4 Å². The number of carbonyl (C=O) groups excluding carboxylic acids is 3. The third-order valence-electron chi connectivity index (χ3n) is 4.53. The Labute approximate surface area is 157 Å². The second-order valence-corrected chi connectivity index (χ2v) is 6.82. The molecule has 9 nitrogen and oxygen atoms in total. The van der Waals surface area contributed by atoms with E-state index in [0.717, 1.165) is 12.1 Å². The average Bonchev–Trinajstić information content (AvgIpc) is 3.18. The standard InChI is InChI=1S/C18H24N6O3/c1-21(2)18(27)23-8-5-9-24-14(12-23)10-13(20-24)11-19-17(26)16(25)15-6-4-7-22(15)3/h4,6-7,10H,5,8-9,11-12H2,1-3H3,(H,19,26). The van der Waals surface area contributed by atoms with E-state index in [1.165, 1.54) is 0 Å². The van der Waals surface area contributed by atoms with Gasteiger partial charge in [0.05, 0.1) is 30.2 Å². The summed E-state index contributed by atoms with van der Waals surface area (Å²) in [5.41, 5.74) is 1.92. The molecule has 0 saturated carbocycles. The number of rotatable bonds is 4. The van der Waals surface area contributed by atoms with Crippen molar-refractivity contribution in [2.45, 2.75) is 26.1 Å². The van der Waals surface area contributed by atoms with Gasteiger partial charge in [-0.15, -0.1) is 0 Å². The number of ketones is 1. The summed E-state index contributed by atoms with van der Waals surface area (Å²) in [6.45, 7) is 2.03. The quantitative estimate of drug-likeness (QED) is 0.629. The molecule has 0 aliphatic carbocycles. The lowest BCUT2D eigenvalue weighted by Crippen LogP contribution is -2.38. The Morgan fingerprint density at radius 3 is 2.70 bits per heavy atom. The van der Waals surface area contributed by atoms with Crippen molar-refractivity contribution >= 4 is 17.7 Å². The highest BCUT2D eigenvalue weighted by Gasteiger charge is 2.22. The summed E-state index contributed by atoms with van der Waals surface area (Å²) in [7, 11) is 5.18. The lowest BCUT2D eigenvalue weighted by atomic mass is 10.2. The van der Waals surface area contributed by atoms with Gasteiger partial charge < -0.3 is 19.7 Å². The van der Waals surface area contributed by atoms with E-state index in [1.54, 1.807) is 53.8 Å². The van der Waals surface area contributed by atoms with Crippen LogP contribution in [0.25, 0.3) is 0 Å². The highest BCUT2D eigenvalue weighted by atomic mass is 16.2. The van der Waals surface area contributed by atoms with Gasteiger partial charge in [0, 0.05) is 40.4 Å². The van der Waals surface area contributed by atoms with Crippen LogP contribution >= 0.6 is 0 Å². The van der Waals surface area contributed by atoms with Crippen molar-refractivity contribution in [1.29, 1.82) is 0 Å². The van der Waals surface area contributed by atoms with Gasteiger partial charge in [0.2, 0.25) is 0 Å². The molecule has 0 unspecified atom stereocenters. The first-order valence-electron chi connectivity index (χ1n) is 8.82. The van der Waals surface area contributed by atoms with Crippen LogP contribution < -0.4 is 5.32 Å². The fourth-order valence-corrected chi connectivity index (χ4v) is 3.12. The summed E-state index contributed by atoms with van der Waals surface area (Å²) >= 11 is 0. The second kappa shape index (κ2) is 7.65. The molecule has 144 valence electrons. The minimum atomic E-state index is -0.663. The smallest absolute Gasteiger partial charge is 0.319 e. The number of aryl methyl sites for hydroxylation is 2. The second-order valence-electron chi connectivity index (χ2n) is 6.82. The van der Waals surface area contributed by atoms with Crippen LogP contribution in [0.5, 0.6) is 0 Å². The van der Waals surface area contributed by atoms with E-state index in [-0.39, 0.29) is 12.6 Å². The van der Waals surface area contributed by atoms with Gasteiger partial charge in [-0.1, -0.05) is 0 Å². The number of amides is 3. The summed E-state index contributed by atoms with van der Waals surface area (Å²) in [5, 5.41) is 7.12. The Kier molecular flexibility index (Phi) is 5.29. The molecular weight excluding hydrogens is 348 g/mol. The average molecular weight is 372 g/mol. The zero-order chi connectivity index (χ0) is 19.6. The molecule has 3 heterocycles. The normalized spacial score (nSPS) is 13.7. The first-order chi connectivity index (χ1) is 12.9. The third-order valence-corrected chi connectivity index (χ3v) is 4.53. The van der Waals surface area contributed by atoms with Crippen LogP contribution in [-0.4, -0.2) is 62.5 Å². The lowest BCUT2D eigenvalue weighted by molar-refractivity contribution is -0.117. The van der Waals surface area contributed by atoms with Crippen molar-refractivity contribution in [2.24, 2.45) is 7.05 Å². The summed E-state index contributed by atoms with van der Waals surface area (Å²) < 4.78 is 3.47. The van der Waals surface area contributed by atoms with E-state index in [2.05, 4.69) is 10.4 Å². The Balaban J connectivity index is 1.64. The van der Waals surface area contributed by atoms with Gasteiger partial charge in [0.1, 0.15) is 0 Å². The van der Waals surface area contributed by atoms with Crippen molar-refractivity contribution in [3.63, 3.8) is 0 Å². The Bertz CT molecular complexity index is 866. The zero-order valence-electron chi connectivity index (χ0n) is 15.8. The van der Waals surface area contributed by atoms with Crippen molar-refractivity contribution in [3.8, 4) is 0 Å². The van der Waals surface area contributed by atoms with Crippen LogP contribution in [0.1, 0.15) is 28.3 Å². The SMILES string of the molecule is CN(C)C(=O)N1CCCn2nc(CNC(=O)C(=O)c3cccn3C)cc2C1. The Hall–Kier alpha value is -3.10. The number of carbonyl (C=O) groups is 3. The molecule has 3 amide bonds. The van der Waals surface area contributed by atoms with Gasteiger partial charge in [-0.3, -0.25) is 14.3 Å². The topological polar surface area (TPSA) is 92.5 Å². The molecule has 0 bridgehead atoms. The fraction of sp³-hybridized carbons (Fsp3) is 0.444. The molecule has 0 aromatic carbocycles. The van der Waals surface area contributed by atoms with Crippen LogP contribution in [0, 0.1) is 0 Å². The molecule has 2 aromatic rings. The number of fused-ring (bicyclic) bond motifs is 1. The molecule has 1 N–H and O–H groups in total. The number of nitrogens with one attached hydrogen (secondary N) is 1. The molecule has 0 saturated heterocycles. The molecule has 0 fully saturated rings. The number of nitrogens with zero attached hydrogens (tertiary/aromatic N) is 5. The van der Waals surface area contributed by atoms with Gasteiger partial charge in [0.15, 0.2) is 0 Å². The number of aromatic nitrogens is 3. The van der Waals surface area contributed by atoms with Gasteiger partial charge in [0.25, 0.3) is 11.7 Å². The van der Waals surface area contributed by atoms with E-state index in [4.69, 9.17) is 0 Å². The van der Waals surface area contributed by atoms with E-state index >= 15 is 0 Å². The maximum Gasteiger partial charge on any atom is 0.319 e. The predicted octanol–water partition coefficient (Wildman–Crippen LogP) is 0.608. The first kappa shape index (κ1) is 18.7. The number of Topliss-reactive ketones (excluding diaryl/α,β-unsaturated/α-hetero) is 1. The summed E-state index contributed by atoms with van der Waals surface area (Å²) in [6.07, 6.45) is 2.53. The lowest BCUT2D eigenvalue weighted by Gasteiger charge is -2.23. The predicted molar refractivity (Wildman–Crippen MR) is 97.9 cm³/mol. The van der Waals surface area contributed by atoms with Gasteiger partial charge >= 0.3 is 6.03 Å². The van der Waals surface area contributed by atoms with Crippen LogP contribution in [-0.2, 0) is 31.5 Å². The molecule has 1 aliphatic rings. The zero-order valence-corrected chi connectivity index (χ0v) is 15.8. The summed E-state index contributed by atoms with van der Waals surface area (Å²) in [5.74, 6) is -1.24. The molecule has 2 aromatic heterocycles. The van der Waals surface area contributed by atoms with E-state index in [1.807, 2.05) is 10.7 Å². The minimum Gasteiger partial charge on any atom is -0.348 e. The van der Waals surface area contributed by atoms with Gasteiger partial charge in [-0.2, -0.15) is 5.10 Å². The summed E-state index contributed by atoms with van der Waals surface area (Å²) in [4.78, 5) is 39.8. The van der Waals surface area contributed by atoms with Gasteiger partial charge in [-0.05, 0) is 24.6 Å². The molecule has 0 radical (unpaired) electrons. The maximum absolute atomic E-state index is 12.2. The first-order valence-corrected chi connectivity index (χ1v) is 8.82. The Morgan fingerprint density at radius 1 is 1.26 bits per heavy atom. The fourth-order valence-electron chi connectivity index (χ4n) is 3.12. The van der Waals surface area contributed by atoms with Crippen molar-refractivity contribution in [2.75, 3.05) is 20.6 Å². The highest BCUT2D eigenvalue weighted by Crippen LogP contribution is 2.15. The molecule has 27 heavy (non-hydrogen) atoms. The summed E-state index contributed by atoms with van der Waals surface area (Å²) in [6, 6.07) is 5.16. The highest BCUT2D eigenvalue weighted by molar-refractivity contribution is 6.42. The molecule has 1 aliphatic heterocycles. The van der Waals surface area contributed by atoms with Crippen LogP contribution in [0.15, 0.2) is 24.4 Å². The van der Waals surface area contributed by atoms with Crippen LogP contribution in [0.4, 0.5) is 4.79 Å². The minimum absolute atomic E-state index is 0.0346. The molecule has 0 atom stereocenters. The molecule has 0 spiro atoms. The molecule has 3 rings (SSSR count). The monoisotopic (exact) mass is 372 g/mol. The molecular formula is C18H24N6O3. The largest absolute Gasteiger partial charge is 0.348 e. The molecule has 9 heteroatoms. The van der Waals surface area contributed by atoms with Crippen LogP contribution in [0.2, 0.25) is 0 Å². The van der Waals surface area contributed by atoms with Gasteiger partial charge in [-0.25, -0.2) is 4.79 Å². The number of urea groups is 1. The Morgan fingerprint density at radius 2 is 2.04 bits per heavy atom.